The minimum atomic E-state index is -4.23. The Hall–Kier alpha value is -2.42. The Balaban J connectivity index is 1.20. The number of hydrogen-bond donors (Lipinski definition) is 4. The second-order valence-electron chi connectivity index (χ2n) is 10.3. The van der Waals surface area contributed by atoms with Gasteiger partial charge in [0.15, 0.2) is 35.0 Å². The Bertz CT molecular complexity index is 1900. The van der Waals surface area contributed by atoms with E-state index in [0.717, 1.165) is 0 Å². The van der Waals surface area contributed by atoms with Gasteiger partial charge in [-0.3, -0.25) is 13.9 Å². The molecule has 0 radical (unpaired) electrons. The van der Waals surface area contributed by atoms with Gasteiger partial charge in [0.2, 0.25) is 0 Å². The number of imidazole rings is 2. The first-order chi connectivity index (χ1) is 20.9. The third-order valence-corrected chi connectivity index (χ3v) is 10.8. The fourth-order valence-corrected chi connectivity index (χ4v) is 8.60. The highest BCUT2D eigenvalue weighted by atomic mass is 32.5. The third-order valence-electron chi connectivity index (χ3n) is 7.70. The maximum absolute atomic E-state index is 16.0. The van der Waals surface area contributed by atoms with Crippen LogP contribution < -0.4 is 11.3 Å². The number of hydrogen-bond acceptors (Lipinski definition) is 14. The molecule has 4 aromatic rings. The minimum Gasteiger partial charge on any atom is -0.382 e. The van der Waals surface area contributed by atoms with Crippen LogP contribution in [0.2, 0.25) is 0 Å². The molecular formula is C21H23F2N9O8P2S2. The lowest BCUT2D eigenvalue weighted by atomic mass is 10.1. The molecule has 0 aromatic carbocycles. The number of aromatic amines is 1. The third kappa shape index (κ3) is 5.28. The number of alkyl halides is 2. The molecule has 7 rings (SSSR count). The van der Waals surface area contributed by atoms with Crippen molar-refractivity contribution in [1.29, 1.82) is 0 Å². The average Bonchev–Trinajstić information content (AvgIpc) is 3.73. The maximum atomic E-state index is 16.0. The summed E-state index contributed by atoms with van der Waals surface area (Å²) in [6.45, 7) is -9.50. The van der Waals surface area contributed by atoms with Gasteiger partial charge in [0.25, 0.3) is 5.56 Å². The van der Waals surface area contributed by atoms with Crippen molar-refractivity contribution < 1.29 is 41.4 Å². The summed E-state index contributed by atoms with van der Waals surface area (Å²) in [4.78, 5) is 56.9. The number of nitrogens with zero attached hydrogens (tertiary/aromatic N) is 7. The van der Waals surface area contributed by atoms with Crippen LogP contribution in [0.15, 0.2) is 30.1 Å². The molecule has 44 heavy (non-hydrogen) atoms. The summed E-state index contributed by atoms with van der Waals surface area (Å²) in [5, 5.41) is 0. The van der Waals surface area contributed by atoms with E-state index in [-0.39, 0.29) is 34.6 Å². The van der Waals surface area contributed by atoms with Gasteiger partial charge >= 0.3 is 13.4 Å². The molecule has 2 saturated heterocycles. The van der Waals surface area contributed by atoms with Gasteiger partial charge in [0.05, 0.1) is 38.2 Å². The van der Waals surface area contributed by atoms with Gasteiger partial charge in [-0.1, -0.05) is 0 Å². The van der Waals surface area contributed by atoms with E-state index in [0.29, 0.717) is 0 Å². The minimum absolute atomic E-state index is 0.00859. The Morgan fingerprint density at radius 2 is 1.61 bits per heavy atom. The van der Waals surface area contributed by atoms with Crippen LogP contribution in [0.1, 0.15) is 18.7 Å². The topological polar surface area (TPSA) is 220 Å². The first-order valence-electron chi connectivity index (χ1n) is 13.0. The summed E-state index contributed by atoms with van der Waals surface area (Å²) < 4.78 is 62.9. The zero-order valence-corrected chi connectivity index (χ0v) is 25.5. The fourth-order valence-electron chi connectivity index (χ4n) is 5.68. The number of ether oxygens (including phenoxy) is 1. The van der Waals surface area contributed by atoms with Crippen LogP contribution in [-0.4, -0.2) is 92.7 Å². The number of rotatable bonds is 2. The first kappa shape index (κ1) is 30.2. The second kappa shape index (κ2) is 11.1. The van der Waals surface area contributed by atoms with Gasteiger partial charge in [0, 0.05) is 5.92 Å². The molecule has 17 nitrogen and oxygen atoms in total. The lowest BCUT2D eigenvalue weighted by molar-refractivity contribution is -0.0443. The highest BCUT2D eigenvalue weighted by Gasteiger charge is 2.53. The lowest BCUT2D eigenvalue weighted by Crippen LogP contribution is -2.34. The van der Waals surface area contributed by atoms with Crippen molar-refractivity contribution in [1.82, 2.24) is 39.0 Å². The van der Waals surface area contributed by atoms with Gasteiger partial charge < -0.3 is 43.4 Å². The molecule has 10 atom stereocenters. The zero-order valence-electron chi connectivity index (χ0n) is 22.1. The van der Waals surface area contributed by atoms with Crippen molar-refractivity contribution in [3.8, 4) is 0 Å². The van der Waals surface area contributed by atoms with Crippen molar-refractivity contribution in [2.24, 2.45) is 5.92 Å². The lowest BCUT2D eigenvalue weighted by Gasteiger charge is -2.28. The standard InChI is InChI=1S/C21H23F2N9O8P2S2/c22-11-8-1-9(31-6-30-14-19(31)27-5-28-20(14)33)15(11)39-42(35,44)37-3-10-16(40-41(34,43)36-2-8)12(23)21(38-10)32-7-29-13-17(24)25-4-26-18(13)32/h4-12,15-16,21H,1-3H2,(H,34,43)(H,35,44)(H2,24,25,26)(H,27,28,33)/t8-,9-,10-,11-,12-,15+,16-,21-,41?,42?/m1/s1. The normalized spacial score (nSPS) is 38.3. The van der Waals surface area contributed by atoms with Crippen molar-refractivity contribution >= 4 is 65.2 Å². The van der Waals surface area contributed by atoms with E-state index < -0.39 is 81.1 Å². The molecule has 3 aliphatic rings. The molecule has 2 bridgehead atoms. The molecular weight excluding hydrogens is 670 g/mol. The summed E-state index contributed by atoms with van der Waals surface area (Å²) in [6, 6.07) is -0.879. The van der Waals surface area contributed by atoms with Gasteiger partial charge in [-0.25, -0.2) is 33.7 Å². The van der Waals surface area contributed by atoms with Crippen molar-refractivity contribution in [2.75, 3.05) is 18.9 Å². The Morgan fingerprint density at radius 1 is 0.932 bits per heavy atom. The summed E-state index contributed by atoms with van der Waals surface area (Å²) >= 11 is 10.4. The number of H-pyrrole nitrogens is 1. The Labute approximate surface area is 255 Å². The van der Waals surface area contributed by atoms with E-state index in [4.69, 9.17) is 52.2 Å². The van der Waals surface area contributed by atoms with E-state index in [1.807, 2.05) is 0 Å². The first-order valence-corrected chi connectivity index (χ1v) is 18.2. The van der Waals surface area contributed by atoms with Crippen LogP contribution in [0.25, 0.3) is 22.3 Å². The number of nitrogens with two attached hydrogens (primary N) is 1. The van der Waals surface area contributed by atoms with E-state index in [9.17, 15) is 14.6 Å². The van der Waals surface area contributed by atoms with Gasteiger partial charge in [0.1, 0.15) is 36.3 Å². The summed E-state index contributed by atoms with van der Waals surface area (Å²) in [5.41, 5.74) is 5.86. The summed E-state index contributed by atoms with van der Waals surface area (Å²) in [7, 11) is 0. The molecule has 1 saturated carbocycles. The summed E-state index contributed by atoms with van der Waals surface area (Å²) in [5.74, 6) is -0.905. The van der Waals surface area contributed by atoms with Crippen LogP contribution in [0.4, 0.5) is 14.6 Å². The molecule has 0 amide bonds. The molecule has 3 fully saturated rings. The zero-order chi connectivity index (χ0) is 31.0. The number of nitrogen functional groups attached to an aromatic ring is 1. The molecule has 23 heteroatoms. The van der Waals surface area contributed by atoms with Crippen LogP contribution in [0.3, 0.4) is 0 Å². The predicted molar refractivity (Wildman–Crippen MR) is 153 cm³/mol. The highest BCUT2D eigenvalue weighted by molar-refractivity contribution is 8.07. The van der Waals surface area contributed by atoms with E-state index in [1.54, 1.807) is 0 Å². The van der Waals surface area contributed by atoms with Gasteiger partial charge in [-0.05, 0) is 30.0 Å². The molecule has 0 spiro atoms. The van der Waals surface area contributed by atoms with Crippen molar-refractivity contribution in [2.45, 2.75) is 49.3 Å². The van der Waals surface area contributed by atoms with Crippen LogP contribution in [-0.2, 0) is 46.4 Å². The molecule has 2 aliphatic heterocycles. The number of aromatic nitrogens is 8. The molecule has 4 aromatic heterocycles. The number of anilines is 1. The largest absolute Gasteiger partial charge is 0.382 e. The summed E-state index contributed by atoms with van der Waals surface area (Å²) in [6.07, 6.45) is -4.61. The average molecular weight is 694 g/mol. The number of fused-ring (bicyclic) bond motifs is 5. The van der Waals surface area contributed by atoms with Crippen molar-refractivity contribution in [3.63, 3.8) is 0 Å². The fraction of sp³-hybridized carbons (Fsp3) is 0.524. The van der Waals surface area contributed by atoms with Gasteiger partial charge in [-0.15, -0.1) is 0 Å². The monoisotopic (exact) mass is 693 g/mol. The molecule has 1 aliphatic carbocycles. The van der Waals surface area contributed by atoms with Crippen LogP contribution >= 0.6 is 13.4 Å². The van der Waals surface area contributed by atoms with Crippen molar-refractivity contribution in [3.05, 3.63) is 35.7 Å². The quantitative estimate of drug-likeness (QED) is 0.215. The van der Waals surface area contributed by atoms with Crippen LogP contribution in [0.5, 0.6) is 0 Å². The smallest absolute Gasteiger partial charge is 0.325 e. The van der Waals surface area contributed by atoms with Gasteiger partial charge in [-0.2, -0.15) is 0 Å². The van der Waals surface area contributed by atoms with E-state index in [1.165, 1.54) is 34.4 Å². The second-order valence-corrected chi connectivity index (χ2v) is 15.9. The molecule has 236 valence electrons. The maximum Gasteiger partial charge on any atom is 0.325 e. The van der Waals surface area contributed by atoms with E-state index in [2.05, 4.69) is 29.9 Å². The molecule has 2 unspecified atom stereocenters. The molecule has 5 N–H and O–H groups in total. The number of halogens is 2. The predicted octanol–water partition coefficient (Wildman–Crippen LogP) is 0.927. The van der Waals surface area contributed by atoms with E-state index >= 15 is 8.78 Å². The molecule has 6 heterocycles. The number of nitrogens with one attached hydrogen (secondary N) is 1. The SMILES string of the molecule is Nc1ncnc2c1ncn2[C@@H]1O[C@@H]2COP(O)(=S)O[C@@H]3[C@H](F)[C@@H](COP(O)(=S)O[C@H]2[C@H]1F)C[C@H]3n1cnc2c(=O)[nH]cnc21. The Kier molecular flexibility index (Phi) is 7.65. The van der Waals surface area contributed by atoms with Crippen LogP contribution in [0, 0.1) is 5.92 Å². The highest BCUT2D eigenvalue weighted by Crippen LogP contribution is 2.56. The Morgan fingerprint density at radius 3 is 2.41 bits per heavy atom.